The summed E-state index contributed by atoms with van der Waals surface area (Å²) in [6.45, 7) is 6.19. The second-order valence-electron chi connectivity index (χ2n) is 5.22. The zero-order chi connectivity index (χ0) is 12.6. The fourth-order valence-corrected chi connectivity index (χ4v) is 2.78. The van der Waals surface area contributed by atoms with Gasteiger partial charge in [-0.25, -0.2) is 8.97 Å². The van der Waals surface area contributed by atoms with Crippen LogP contribution in [0.1, 0.15) is 38.9 Å². The molecule has 0 bridgehead atoms. The van der Waals surface area contributed by atoms with Crippen molar-refractivity contribution in [3.05, 3.63) is 35.6 Å². The topological polar surface area (TPSA) is 23.2 Å². The van der Waals surface area contributed by atoms with Gasteiger partial charge in [0.05, 0.1) is 6.42 Å². The number of benzene rings is 1. The Balaban J connectivity index is 2.24. The molecule has 17 heavy (non-hydrogen) atoms. The smallest absolute Gasteiger partial charge is 0.189 e. The largest absolute Gasteiger partial charge is 0.381 e. The molecule has 92 valence electrons. The molecule has 1 N–H and O–H groups in total. The van der Waals surface area contributed by atoms with E-state index in [1.807, 2.05) is 13.1 Å². The number of hydrogen-bond acceptors (Lipinski definition) is 1. The molecule has 1 aromatic carbocycles. The van der Waals surface area contributed by atoms with Crippen LogP contribution in [0.25, 0.3) is 0 Å². The summed E-state index contributed by atoms with van der Waals surface area (Å²) in [7, 11) is 0. The summed E-state index contributed by atoms with van der Waals surface area (Å²) in [6, 6.07) is 6.42. The van der Waals surface area contributed by atoms with E-state index in [9.17, 15) is 9.50 Å². The summed E-state index contributed by atoms with van der Waals surface area (Å²) in [5.74, 6) is -0.333. The first-order valence-corrected chi connectivity index (χ1v) is 5.98. The molecule has 2 nitrogen and oxygen atoms in total. The molecule has 1 saturated heterocycles. The summed E-state index contributed by atoms with van der Waals surface area (Å²) < 4.78 is 15.7. The molecule has 0 spiro atoms. The Hall–Kier alpha value is -1.22. The van der Waals surface area contributed by atoms with Crippen molar-refractivity contribution in [3.63, 3.8) is 0 Å². The van der Waals surface area contributed by atoms with Crippen LogP contribution >= 0.6 is 0 Å². The van der Waals surface area contributed by atoms with E-state index in [1.165, 1.54) is 6.07 Å². The minimum absolute atomic E-state index is 0.0214. The predicted molar refractivity (Wildman–Crippen MR) is 65.8 cm³/mol. The average Bonchev–Trinajstić information content (AvgIpc) is 2.26. The van der Waals surface area contributed by atoms with Gasteiger partial charge in [0.15, 0.2) is 11.6 Å². The Morgan fingerprint density at radius 1 is 1.47 bits per heavy atom. The van der Waals surface area contributed by atoms with E-state index < -0.39 is 6.10 Å². The van der Waals surface area contributed by atoms with Gasteiger partial charge >= 0.3 is 0 Å². The van der Waals surface area contributed by atoms with Gasteiger partial charge in [0.25, 0.3) is 0 Å². The predicted octanol–water partition coefficient (Wildman–Crippen LogP) is 2.51. The third-order valence-corrected chi connectivity index (χ3v) is 3.63. The van der Waals surface area contributed by atoms with Crippen LogP contribution < -0.4 is 0 Å². The minimum Gasteiger partial charge on any atom is -0.381 e. The highest BCUT2D eigenvalue weighted by Gasteiger charge is 2.53. The van der Waals surface area contributed by atoms with Gasteiger partial charge in [0.1, 0.15) is 18.1 Å². The Morgan fingerprint density at radius 2 is 2.12 bits per heavy atom. The van der Waals surface area contributed by atoms with Gasteiger partial charge in [-0.15, -0.1) is 0 Å². The molecule has 1 aromatic rings. The maximum Gasteiger partial charge on any atom is 0.189 e. The van der Waals surface area contributed by atoms with E-state index in [2.05, 4.69) is 18.4 Å². The van der Waals surface area contributed by atoms with Gasteiger partial charge in [-0.05, 0) is 6.07 Å². The lowest BCUT2D eigenvalue weighted by molar-refractivity contribution is -0.705. The van der Waals surface area contributed by atoms with Crippen molar-refractivity contribution in [1.82, 2.24) is 0 Å². The van der Waals surface area contributed by atoms with E-state index in [0.29, 0.717) is 5.56 Å². The van der Waals surface area contributed by atoms with Crippen molar-refractivity contribution in [1.29, 1.82) is 0 Å². The number of aliphatic hydroxyl groups is 1. The summed E-state index contributed by atoms with van der Waals surface area (Å²) in [6.07, 6.45) is 2.07. The van der Waals surface area contributed by atoms with E-state index in [4.69, 9.17) is 0 Å². The second kappa shape index (κ2) is 4.22. The number of rotatable bonds is 2. The van der Waals surface area contributed by atoms with Gasteiger partial charge in [-0.3, -0.25) is 0 Å². The molecule has 1 aliphatic rings. The summed E-state index contributed by atoms with van der Waals surface area (Å²) in [5.41, 5.74) is 0.450. The van der Waals surface area contributed by atoms with E-state index >= 15 is 0 Å². The number of hydrogen-bond donors (Lipinski definition) is 1. The normalized spacial score (nSPS) is 26.6. The maximum absolute atomic E-state index is 13.6. The van der Waals surface area contributed by atoms with Crippen LogP contribution in [-0.2, 0) is 0 Å². The molecular weight excluding hydrogens is 217 g/mol. The number of aliphatic hydroxyl groups excluding tert-OH is 1. The molecule has 0 unspecified atom stereocenters. The van der Waals surface area contributed by atoms with Crippen LogP contribution in [0, 0.1) is 5.82 Å². The Kier molecular flexibility index (Phi) is 3.04. The van der Waals surface area contributed by atoms with Crippen LogP contribution in [0.4, 0.5) is 4.39 Å². The van der Waals surface area contributed by atoms with Crippen molar-refractivity contribution >= 4 is 6.21 Å². The fourth-order valence-electron chi connectivity index (χ4n) is 2.78. The first-order valence-electron chi connectivity index (χ1n) is 5.98. The molecule has 2 atom stereocenters. The van der Waals surface area contributed by atoms with Crippen LogP contribution in [0.3, 0.4) is 0 Å². The first kappa shape index (κ1) is 12.2. The minimum atomic E-state index is -0.763. The lowest BCUT2D eigenvalue weighted by atomic mass is 9.79. The molecule has 1 heterocycles. The quantitative estimate of drug-likeness (QED) is 0.783. The third-order valence-electron chi connectivity index (χ3n) is 3.63. The van der Waals surface area contributed by atoms with Gasteiger partial charge < -0.3 is 5.11 Å². The summed E-state index contributed by atoms with van der Waals surface area (Å²) >= 11 is 0. The van der Waals surface area contributed by atoms with Crippen molar-refractivity contribution in [2.45, 2.75) is 44.9 Å². The average molecular weight is 236 g/mol. The third kappa shape index (κ3) is 2.00. The standard InChI is InChI=1S/C14H19FNO/c1-4-16-12(9-14(16,2)3)13(17)10-7-5-6-8-11(10)15/h4-8,12-13,17H,9H2,1-3H3/q+1/t12-,13+/m0/s1. The molecular formula is C14H19FNO+. The molecule has 0 saturated carbocycles. The summed E-state index contributed by atoms with van der Waals surface area (Å²) in [5, 5.41) is 10.3. The van der Waals surface area contributed by atoms with Gasteiger partial charge in [0.2, 0.25) is 0 Å². The number of halogens is 1. The zero-order valence-electron chi connectivity index (χ0n) is 10.5. The number of nitrogens with zero attached hydrogens (tertiary/aromatic N) is 1. The van der Waals surface area contributed by atoms with E-state index in [1.54, 1.807) is 18.2 Å². The lowest BCUT2D eigenvalue weighted by Gasteiger charge is -2.41. The highest BCUT2D eigenvalue weighted by atomic mass is 19.1. The van der Waals surface area contributed by atoms with Crippen LogP contribution in [0.15, 0.2) is 24.3 Å². The molecule has 0 radical (unpaired) electrons. The Bertz CT molecular complexity index is 453. The van der Waals surface area contributed by atoms with E-state index in [-0.39, 0.29) is 17.4 Å². The molecule has 3 heteroatoms. The fraction of sp³-hybridized carbons (Fsp3) is 0.500. The van der Waals surface area contributed by atoms with E-state index in [0.717, 1.165) is 6.42 Å². The van der Waals surface area contributed by atoms with Crippen LogP contribution in [0.5, 0.6) is 0 Å². The van der Waals surface area contributed by atoms with Crippen LogP contribution in [0.2, 0.25) is 0 Å². The molecule has 2 rings (SSSR count). The molecule has 1 fully saturated rings. The van der Waals surface area contributed by atoms with Crippen molar-refractivity contribution in [2.75, 3.05) is 0 Å². The monoisotopic (exact) mass is 236 g/mol. The summed E-state index contributed by atoms with van der Waals surface area (Å²) in [4.78, 5) is 0. The highest BCUT2D eigenvalue weighted by Crippen LogP contribution is 2.38. The van der Waals surface area contributed by atoms with Gasteiger partial charge in [0, 0.05) is 26.3 Å². The van der Waals surface area contributed by atoms with Gasteiger partial charge in [-0.1, -0.05) is 18.2 Å². The van der Waals surface area contributed by atoms with Gasteiger partial charge in [-0.2, -0.15) is 0 Å². The first-order chi connectivity index (χ1) is 7.97. The van der Waals surface area contributed by atoms with Crippen molar-refractivity contribution in [3.8, 4) is 0 Å². The molecule has 0 aliphatic carbocycles. The molecule has 0 amide bonds. The Labute approximate surface area is 101 Å². The maximum atomic E-state index is 13.6. The van der Waals surface area contributed by atoms with Crippen LogP contribution in [-0.4, -0.2) is 27.5 Å². The SMILES string of the molecule is CC=[N+]1[C@H]([C@H](O)c2ccccc2F)CC1(C)C. The Morgan fingerprint density at radius 3 is 2.65 bits per heavy atom. The zero-order valence-corrected chi connectivity index (χ0v) is 10.5. The second-order valence-corrected chi connectivity index (χ2v) is 5.22. The molecule has 0 aromatic heterocycles. The van der Waals surface area contributed by atoms with Crippen molar-refractivity contribution in [2.24, 2.45) is 0 Å². The van der Waals surface area contributed by atoms with Crippen molar-refractivity contribution < 1.29 is 14.1 Å². The highest BCUT2D eigenvalue weighted by molar-refractivity contribution is 5.48. The lowest BCUT2D eigenvalue weighted by Crippen LogP contribution is -2.59. The molecule has 1 aliphatic heterocycles.